The van der Waals surface area contributed by atoms with E-state index in [4.69, 9.17) is 10.3 Å². The number of nitrogen functional groups attached to an aromatic ring is 1. The normalized spacial score (nSPS) is 10.8. The number of hydrogen-bond acceptors (Lipinski definition) is 7. The van der Waals surface area contributed by atoms with Crippen molar-refractivity contribution in [3.63, 3.8) is 0 Å². The van der Waals surface area contributed by atoms with E-state index >= 15 is 0 Å². The monoisotopic (exact) mass is 273 g/mol. The molecule has 3 rings (SSSR count). The maximum absolute atomic E-state index is 5.61. The lowest BCUT2D eigenvalue weighted by Crippen LogP contribution is -2.08. The SMILES string of the molecule is NNc1cnc(CSc2nc3ccccc3o2)cn1. The van der Waals surface area contributed by atoms with Crippen LogP contribution in [-0.2, 0) is 5.75 Å². The van der Waals surface area contributed by atoms with Gasteiger partial charge in [-0.2, -0.15) is 0 Å². The second kappa shape index (κ2) is 5.25. The molecule has 0 aliphatic rings. The van der Waals surface area contributed by atoms with Crippen LogP contribution in [-0.4, -0.2) is 15.0 Å². The van der Waals surface area contributed by atoms with Crippen LogP contribution in [0.3, 0.4) is 0 Å². The predicted octanol–water partition coefficient (Wildman–Crippen LogP) is 2.20. The molecule has 96 valence electrons. The molecule has 3 N–H and O–H groups in total. The highest BCUT2D eigenvalue weighted by molar-refractivity contribution is 7.98. The van der Waals surface area contributed by atoms with Crippen molar-refractivity contribution in [2.24, 2.45) is 5.84 Å². The quantitative estimate of drug-likeness (QED) is 0.428. The summed E-state index contributed by atoms with van der Waals surface area (Å²) < 4.78 is 5.61. The van der Waals surface area contributed by atoms with Gasteiger partial charge in [0.2, 0.25) is 0 Å². The van der Waals surface area contributed by atoms with Gasteiger partial charge in [0.1, 0.15) is 5.52 Å². The molecule has 0 bridgehead atoms. The van der Waals surface area contributed by atoms with Crippen LogP contribution in [0.4, 0.5) is 5.82 Å². The zero-order valence-electron chi connectivity index (χ0n) is 9.91. The van der Waals surface area contributed by atoms with Crippen LogP contribution < -0.4 is 11.3 Å². The fourth-order valence-electron chi connectivity index (χ4n) is 1.55. The van der Waals surface area contributed by atoms with E-state index in [0.29, 0.717) is 16.8 Å². The first-order chi connectivity index (χ1) is 9.35. The molecule has 0 saturated heterocycles. The number of nitrogens with one attached hydrogen (secondary N) is 1. The molecule has 1 aromatic carbocycles. The lowest BCUT2D eigenvalue weighted by Gasteiger charge is -1.99. The Bertz CT molecular complexity index is 649. The van der Waals surface area contributed by atoms with E-state index in [1.54, 1.807) is 12.4 Å². The van der Waals surface area contributed by atoms with E-state index in [1.165, 1.54) is 11.8 Å². The summed E-state index contributed by atoms with van der Waals surface area (Å²) in [5.74, 6) is 6.41. The minimum absolute atomic E-state index is 0.538. The Morgan fingerprint density at radius 3 is 2.84 bits per heavy atom. The number of fused-ring (bicyclic) bond motifs is 1. The zero-order chi connectivity index (χ0) is 13.1. The molecule has 0 aliphatic heterocycles. The van der Waals surface area contributed by atoms with E-state index in [2.05, 4.69) is 20.4 Å². The molecule has 0 unspecified atom stereocenters. The minimum Gasteiger partial charge on any atom is -0.431 e. The molecule has 0 amide bonds. The van der Waals surface area contributed by atoms with Gasteiger partial charge in [-0.1, -0.05) is 23.9 Å². The summed E-state index contributed by atoms with van der Waals surface area (Å²) in [5, 5.41) is 0.629. The summed E-state index contributed by atoms with van der Waals surface area (Å²) in [6.07, 6.45) is 3.26. The first-order valence-electron chi connectivity index (χ1n) is 5.61. The highest BCUT2D eigenvalue weighted by Crippen LogP contribution is 2.25. The average molecular weight is 273 g/mol. The van der Waals surface area contributed by atoms with Crippen molar-refractivity contribution in [1.82, 2.24) is 15.0 Å². The Balaban J connectivity index is 1.70. The molecule has 0 aliphatic carbocycles. The second-order valence-corrected chi connectivity index (χ2v) is 4.70. The average Bonchev–Trinajstić information content (AvgIpc) is 2.88. The number of thioether (sulfide) groups is 1. The van der Waals surface area contributed by atoms with Crippen molar-refractivity contribution >= 4 is 28.7 Å². The first-order valence-corrected chi connectivity index (χ1v) is 6.59. The lowest BCUT2D eigenvalue weighted by atomic mass is 10.3. The highest BCUT2D eigenvalue weighted by atomic mass is 32.2. The summed E-state index contributed by atoms with van der Waals surface area (Å²) in [6.45, 7) is 0. The highest BCUT2D eigenvalue weighted by Gasteiger charge is 2.06. The number of aromatic nitrogens is 3. The zero-order valence-corrected chi connectivity index (χ0v) is 10.7. The van der Waals surface area contributed by atoms with Crippen molar-refractivity contribution in [3.05, 3.63) is 42.4 Å². The smallest absolute Gasteiger partial charge is 0.257 e. The van der Waals surface area contributed by atoms with Crippen LogP contribution in [0.25, 0.3) is 11.1 Å². The van der Waals surface area contributed by atoms with E-state index in [0.717, 1.165) is 16.8 Å². The fraction of sp³-hybridized carbons (Fsp3) is 0.0833. The van der Waals surface area contributed by atoms with Crippen molar-refractivity contribution in [2.45, 2.75) is 11.0 Å². The molecule has 2 aromatic heterocycles. The van der Waals surface area contributed by atoms with Gasteiger partial charge >= 0.3 is 0 Å². The standard InChI is InChI=1S/C12H11N5OS/c13-17-11-6-14-8(5-15-11)7-19-12-16-9-3-1-2-4-10(9)18-12/h1-6H,7,13H2,(H,15,17). The van der Waals surface area contributed by atoms with E-state index in [9.17, 15) is 0 Å². The van der Waals surface area contributed by atoms with E-state index < -0.39 is 0 Å². The third-order valence-corrected chi connectivity index (χ3v) is 3.33. The van der Waals surface area contributed by atoms with Gasteiger partial charge in [-0.05, 0) is 12.1 Å². The molecule has 6 nitrogen and oxygen atoms in total. The number of hydrazine groups is 1. The number of nitrogens with two attached hydrogens (primary N) is 1. The lowest BCUT2D eigenvalue weighted by molar-refractivity contribution is 0.489. The van der Waals surface area contributed by atoms with E-state index in [-0.39, 0.29) is 0 Å². The summed E-state index contributed by atoms with van der Waals surface area (Å²) in [7, 11) is 0. The Hall–Kier alpha value is -2.12. The summed E-state index contributed by atoms with van der Waals surface area (Å²) in [4.78, 5) is 12.7. The number of para-hydroxylation sites is 2. The van der Waals surface area contributed by atoms with Gasteiger partial charge < -0.3 is 9.84 Å². The molecule has 0 radical (unpaired) electrons. The van der Waals surface area contributed by atoms with Crippen molar-refractivity contribution in [1.29, 1.82) is 0 Å². The first kappa shape index (κ1) is 11.9. The largest absolute Gasteiger partial charge is 0.431 e. The Morgan fingerprint density at radius 1 is 1.21 bits per heavy atom. The van der Waals surface area contributed by atoms with Crippen molar-refractivity contribution in [3.8, 4) is 0 Å². The van der Waals surface area contributed by atoms with Crippen LogP contribution in [0.15, 0.2) is 46.3 Å². The molecule has 0 atom stereocenters. The van der Waals surface area contributed by atoms with Gasteiger partial charge in [-0.25, -0.2) is 15.8 Å². The Kier molecular flexibility index (Phi) is 3.30. The van der Waals surface area contributed by atoms with Gasteiger partial charge in [0.25, 0.3) is 5.22 Å². The van der Waals surface area contributed by atoms with Gasteiger partial charge in [-0.3, -0.25) is 4.98 Å². The topological polar surface area (TPSA) is 89.9 Å². The van der Waals surface area contributed by atoms with Crippen molar-refractivity contribution < 1.29 is 4.42 Å². The summed E-state index contributed by atoms with van der Waals surface area (Å²) in [6, 6.07) is 7.67. The van der Waals surface area contributed by atoms with Crippen LogP contribution in [0.2, 0.25) is 0 Å². The van der Waals surface area contributed by atoms with Crippen LogP contribution >= 0.6 is 11.8 Å². The number of hydrogen-bond donors (Lipinski definition) is 2. The number of anilines is 1. The van der Waals surface area contributed by atoms with Crippen LogP contribution in [0, 0.1) is 0 Å². The third kappa shape index (κ3) is 2.67. The molecular weight excluding hydrogens is 262 g/mol. The summed E-state index contributed by atoms with van der Waals surface area (Å²) in [5.41, 5.74) is 4.92. The Morgan fingerprint density at radius 2 is 2.11 bits per heavy atom. The maximum atomic E-state index is 5.61. The third-order valence-electron chi connectivity index (χ3n) is 2.47. The molecule has 7 heteroatoms. The number of nitrogens with zero attached hydrogens (tertiary/aromatic N) is 3. The van der Waals surface area contributed by atoms with Crippen molar-refractivity contribution in [2.75, 3.05) is 5.43 Å². The maximum Gasteiger partial charge on any atom is 0.257 e. The molecule has 0 saturated carbocycles. The number of oxazole rings is 1. The number of rotatable bonds is 4. The van der Waals surface area contributed by atoms with Gasteiger partial charge in [0.15, 0.2) is 11.4 Å². The van der Waals surface area contributed by atoms with Gasteiger partial charge in [0, 0.05) is 5.75 Å². The second-order valence-electron chi connectivity index (χ2n) is 3.77. The van der Waals surface area contributed by atoms with Crippen LogP contribution in [0.1, 0.15) is 5.69 Å². The summed E-state index contributed by atoms with van der Waals surface area (Å²) >= 11 is 1.48. The molecular formula is C12H11N5OS. The molecule has 2 heterocycles. The molecule has 0 fully saturated rings. The van der Waals surface area contributed by atoms with E-state index in [1.807, 2.05) is 24.3 Å². The predicted molar refractivity (Wildman–Crippen MR) is 73.4 cm³/mol. The molecule has 19 heavy (non-hydrogen) atoms. The molecule has 3 aromatic rings. The Labute approximate surface area is 113 Å². The molecule has 0 spiro atoms. The van der Waals surface area contributed by atoms with Gasteiger partial charge in [0.05, 0.1) is 18.1 Å². The minimum atomic E-state index is 0.538. The van der Waals surface area contributed by atoms with Crippen LogP contribution in [0.5, 0.6) is 0 Å². The number of benzene rings is 1. The fourth-order valence-corrected chi connectivity index (χ4v) is 2.28. The van der Waals surface area contributed by atoms with Gasteiger partial charge in [-0.15, -0.1) is 0 Å².